The summed E-state index contributed by atoms with van der Waals surface area (Å²) in [5, 5.41) is 9.49. The number of amides is 1. The molecule has 3 rings (SSSR count). The van der Waals surface area contributed by atoms with Crippen LogP contribution in [0.3, 0.4) is 0 Å². The third-order valence-corrected chi connectivity index (χ3v) is 5.39. The van der Waals surface area contributed by atoms with Gasteiger partial charge in [-0.15, -0.1) is 0 Å². The molecule has 2 aliphatic heterocycles. The van der Waals surface area contributed by atoms with Crippen LogP contribution in [0.2, 0.25) is 0 Å². The summed E-state index contributed by atoms with van der Waals surface area (Å²) in [5.74, 6) is -2.11. The zero-order valence-electron chi connectivity index (χ0n) is 15.1. The van der Waals surface area contributed by atoms with Gasteiger partial charge >= 0.3 is 5.97 Å². The predicted octanol–water partition coefficient (Wildman–Crippen LogP) is 1.12. The number of hydrogen-bond donors (Lipinski definition) is 1. The lowest BCUT2D eigenvalue weighted by Gasteiger charge is -2.39. The Morgan fingerprint density at radius 1 is 1.12 bits per heavy atom. The number of nitrogens with zero attached hydrogens (tertiary/aromatic N) is 3. The first-order valence-corrected chi connectivity index (χ1v) is 9.10. The van der Waals surface area contributed by atoms with E-state index in [1.54, 1.807) is 18.2 Å². The molecule has 0 saturated carbocycles. The van der Waals surface area contributed by atoms with E-state index in [2.05, 4.69) is 4.90 Å². The zero-order valence-corrected chi connectivity index (χ0v) is 15.1. The topological polar surface area (TPSA) is 64.1 Å². The number of piperidine rings is 1. The molecule has 2 heterocycles. The van der Waals surface area contributed by atoms with Gasteiger partial charge in [-0.3, -0.25) is 14.5 Å². The van der Waals surface area contributed by atoms with Crippen molar-refractivity contribution >= 4 is 11.9 Å². The average molecular weight is 363 g/mol. The fourth-order valence-corrected chi connectivity index (χ4v) is 3.83. The lowest BCUT2D eigenvalue weighted by Crippen LogP contribution is -2.53. The number of likely N-dealkylation sites (N-methyl/N-ethyl adjacent to an activating group) is 1. The van der Waals surface area contributed by atoms with E-state index in [0.29, 0.717) is 44.7 Å². The summed E-state index contributed by atoms with van der Waals surface area (Å²) in [6.45, 7) is 4.16. The maximum absolute atomic E-state index is 14.0. The zero-order chi connectivity index (χ0) is 18.7. The van der Waals surface area contributed by atoms with Crippen molar-refractivity contribution in [1.82, 2.24) is 14.7 Å². The molecule has 26 heavy (non-hydrogen) atoms. The largest absolute Gasteiger partial charge is 0.481 e. The van der Waals surface area contributed by atoms with Crippen molar-refractivity contribution < 1.29 is 19.1 Å². The fraction of sp³-hybridized carbons (Fsp3) is 0.579. The number of benzene rings is 1. The number of hydrogen-bond acceptors (Lipinski definition) is 4. The van der Waals surface area contributed by atoms with Gasteiger partial charge in [0.15, 0.2) is 0 Å². The van der Waals surface area contributed by atoms with E-state index in [1.807, 2.05) is 16.8 Å². The highest BCUT2D eigenvalue weighted by molar-refractivity contribution is 5.80. The third kappa shape index (κ3) is 4.40. The van der Waals surface area contributed by atoms with Crippen molar-refractivity contribution in [3.05, 3.63) is 35.6 Å². The normalized spacial score (nSPS) is 25.2. The number of carboxylic acids is 1. The molecule has 0 radical (unpaired) electrons. The van der Waals surface area contributed by atoms with Crippen molar-refractivity contribution in [2.75, 3.05) is 46.3 Å². The Kier molecular flexibility index (Phi) is 5.88. The van der Waals surface area contributed by atoms with Crippen LogP contribution in [0.5, 0.6) is 0 Å². The van der Waals surface area contributed by atoms with Gasteiger partial charge in [-0.05, 0) is 19.5 Å². The Bertz CT molecular complexity index is 661. The summed E-state index contributed by atoms with van der Waals surface area (Å²) in [7, 11) is 2.03. The highest BCUT2D eigenvalue weighted by Gasteiger charge is 2.37. The van der Waals surface area contributed by atoms with Gasteiger partial charge in [0.25, 0.3) is 0 Å². The van der Waals surface area contributed by atoms with E-state index in [-0.39, 0.29) is 17.6 Å². The molecular weight excluding hydrogens is 337 g/mol. The van der Waals surface area contributed by atoms with Crippen LogP contribution >= 0.6 is 0 Å². The van der Waals surface area contributed by atoms with Crippen LogP contribution in [0.25, 0.3) is 0 Å². The standard InChI is InChI=1S/C19H26FN3O3/c1-21-6-8-23(9-7-21)18(24)15-10-16(19(25)26)13-22(12-15)11-14-4-2-3-5-17(14)20/h2-5,15-16H,6-13H2,1H3,(H,25,26)/t15-,16-/m0/s1. The number of likely N-dealkylation sites (tertiary alicyclic amines) is 1. The predicted molar refractivity (Wildman–Crippen MR) is 95.0 cm³/mol. The van der Waals surface area contributed by atoms with E-state index in [9.17, 15) is 19.1 Å². The minimum absolute atomic E-state index is 0.0302. The lowest BCUT2D eigenvalue weighted by atomic mass is 9.87. The van der Waals surface area contributed by atoms with Crippen LogP contribution in [-0.4, -0.2) is 78.0 Å². The summed E-state index contributed by atoms with van der Waals surface area (Å²) in [6.07, 6.45) is 0.355. The molecule has 0 spiro atoms. The molecule has 2 saturated heterocycles. The van der Waals surface area contributed by atoms with E-state index in [0.717, 1.165) is 13.1 Å². The van der Waals surface area contributed by atoms with Gasteiger partial charge < -0.3 is 14.9 Å². The summed E-state index contributed by atoms with van der Waals surface area (Å²) in [4.78, 5) is 30.4. The molecule has 0 aromatic heterocycles. The average Bonchev–Trinajstić information content (AvgIpc) is 2.63. The van der Waals surface area contributed by atoms with E-state index >= 15 is 0 Å². The van der Waals surface area contributed by atoms with Crippen molar-refractivity contribution in [1.29, 1.82) is 0 Å². The van der Waals surface area contributed by atoms with Gasteiger partial charge in [0.2, 0.25) is 5.91 Å². The highest BCUT2D eigenvalue weighted by Crippen LogP contribution is 2.26. The molecule has 7 heteroatoms. The lowest BCUT2D eigenvalue weighted by molar-refractivity contribution is -0.148. The SMILES string of the molecule is CN1CCN(C(=O)[C@H]2C[C@H](C(=O)O)CN(Cc3ccccc3F)C2)CC1. The van der Waals surface area contributed by atoms with E-state index < -0.39 is 11.9 Å². The fourth-order valence-electron chi connectivity index (χ4n) is 3.83. The van der Waals surface area contributed by atoms with Gasteiger partial charge in [-0.1, -0.05) is 18.2 Å². The van der Waals surface area contributed by atoms with Crippen molar-refractivity contribution in [3.63, 3.8) is 0 Å². The first kappa shape index (κ1) is 18.8. The molecule has 1 aromatic rings. The number of carbonyl (C=O) groups is 2. The smallest absolute Gasteiger partial charge is 0.307 e. The van der Waals surface area contributed by atoms with Crippen molar-refractivity contribution in [3.8, 4) is 0 Å². The molecule has 2 aliphatic rings. The molecule has 2 fully saturated rings. The Labute approximate surface area is 153 Å². The minimum atomic E-state index is -0.889. The van der Waals surface area contributed by atoms with E-state index in [1.165, 1.54) is 6.07 Å². The summed E-state index contributed by atoms with van der Waals surface area (Å²) < 4.78 is 14.0. The summed E-state index contributed by atoms with van der Waals surface area (Å²) in [5.41, 5.74) is 0.532. The maximum Gasteiger partial charge on any atom is 0.307 e. The quantitative estimate of drug-likeness (QED) is 0.869. The first-order valence-electron chi connectivity index (χ1n) is 9.10. The molecule has 1 aromatic carbocycles. The molecule has 6 nitrogen and oxygen atoms in total. The van der Waals surface area contributed by atoms with Gasteiger partial charge in [0.1, 0.15) is 5.82 Å². The van der Waals surface area contributed by atoms with Crippen LogP contribution in [0.15, 0.2) is 24.3 Å². The second-order valence-corrected chi connectivity index (χ2v) is 7.38. The van der Waals surface area contributed by atoms with Crippen LogP contribution < -0.4 is 0 Å². The molecule has 0 aliphatic carbocycles. The van der Waals surface area contributed by atoms with Gasteiger partial charge in [0.05, 0.1) is 11.8 Å². The van der Waals surface area contributed by atoms with Gasteiger partial charge in [0, 0.05) is 51.4 Å². The van der Waals surface area contributed by atoms with E-state index in [4.69, 9.17) is 0 Å². The molecule has 2 atom stereocenters. The minimum Gasteiger partial charge on any atom is -0.481 e. The molecule has 1 N–H and O–H groups in total. The Balaban J connectivity index is 1.70. The number of aliphatic carboxylic acids is 1. The third-order valence-electron chi connectivity index (χ3n) is 5.39. The molecular formula is C19H26FN3O3. The summed E-state index contributed by atoms with van der Waals surface area (Å²) >= 11 is 0. The van der Waals surface area contributed by atoms with Gasteiger partial charge in [-0.25, -0.2) is 4.39 Å². The summed E-state index contributed by atoms with van der Waals surface area (Å²) in [6, 6.07) is 6.51. The van der Waals surface area contributed by atoms with Crippen LogP contribution in [0, 0.1) is 17.7 Å². The Morgan fingerprint density at radius 3 is 2.42 bits per heavy atom. The molecule has 0 bridgehead atoms. The van der Waals surface area contributed by atoms with Crippen molar-refractivity contribution in [2.45, 2.75) is 13.0 Å². The van der Waals surface area contributed by atoms with Crippen molar-refractivity contribution in [2.24, 2.45) is 11.8 Å². The molecule has 1 amide bonds. The second kappa shape index (κ2) is 8.14. The Hall–Kier alpha value is -1.99. The number of piperazine rings is 1. The molecule has 0 unspecified atom stereocenters. The first-order chi connectivity index (χ1) is 12.4. The van der Waals surface area contributed by atoms with Crippen LogP contribution in [0.4, 0.5) is 4.39 Å². The highest BCUT2D eigenvalue weighted by atomic mass is 19.1. The number of rotatable bonds is 4. The number of halogens is 1. The molecule has 142 valence electrons. The van der Waals surface area contributed by atoms with Crippen LogP contribution in [0.1, 0.15) is 12.0 Å². The Morgan fingerprint density at radius 2 is 1.77 bits per heavy atom. The number of carboxylic acid groups (broad SMARTS) is 1. The second-order valence-electron chi connectivity index (χ2n) is 7.38. The maximum atomic E-state index is 14.0. The van der Waals surface area contributed by atoms with Gasteiger partial charge in [-0.2, -0.15) is 0 Å². The van der Waals surface area contributed by atoms with Crippen LogP contribution in [-0.2, 0) is 16.1 Å². The monoisotopic (exact) mass is 363 g/mol. The number of carbonyl (C=O) groups excluding carboxylic acids is 1.